The highest BCUT2D eigenvalue weighted by molar-refractivity contribution is 5.99. The van der Waals surface area contributed by atoms with Crippen molar-refractivity contribution in [1.29, 1.82) is 0 Å². The maximum atomic E-state index is 11.1. The van der Waals surface area contributed by atoms with E-state index in [9.17, 15) is 10.1 Å². The lowest BCUT2D eigenvalue weighted by Crippen LogP contribution is -2.32. The minimum Gasteiger partial charge on any atom is -0.396 e. The number of aliphatic hydroxyl groups excluding tert-OH is 1. The lowest BCUT2D eigenvalue weighted by molar-refractivity contribution is -0.383. The van der Waals surface area contributed by atoms with E-state index >= 15 is 0 Å². The molecule has 0 atom stereocenters. The number of rotatable bonds is 5. The Kier molecular flexibility index (Phi) is 4.09. The van der Waals surface area contributed by atoms with E-state index in [1.807, 2.05) is 26.8 Å². The summed E-state index contributed by atoms with van der Waals surface area (Å²) in [6.45, 7) is 5.88. The Morgan fingerprint density at radius 2 is 2.10 bits per heavy atom. The van der Waals surface area contributed by atoms with Gasteiger partial charge in [-0.3, -0.25) is 15.1 Å². The van der Waals surface area contributed by atoms with Gasteiger partial charge in [0.25, 0.3) is 5.69 Å². The zero-order valence-electron chi connectivity index (χ0n) is 12.4. The van der Waals surface area contributed by atoms with E-state index in [1.165, 1.54) is 12.3 Å². The second-order valence-electron chi connectivity index (χ2n) is 5.74. The Bertz CT molecular complexity index is 683. The first-order valence-electron chi connectivity index (χ1n) is 6.77. The first-order chi connectivity index (χ1) is 9.84. The number of nitrogens with zero attached hydrogens (tertiary/aromatic N) is 2. The van der Waals surface area contributed by atoms with Gasteiger partial charge >= 0.3 is 0 Å². The Hall–Kier alpha value is -2.21. The Morgan fingerprint density at radius 1 is 1.38 bits per heavy atom. The normalized spacial score (nSPS) is 11.6. The highest BCUT2D eigenvalue weighted by Crippen LogP contribution is 2.33. The first kappa shape index (κ1) is 15.2. The number of aliphatic hydroxyl groups is 1. The third-order valence-corrected chi connectivity index (χ3v) is 3.42. The summed E-state index contributed by atoms with van der Waals surface area (Å²) in [5.41, 5.74) is 1.34. The highest BCUT2D eigenvalue weighted by atomic mass is 16.6. The molecule has 6 nitrogen and oxygen atoms in total. The van der Waals surface area contributed by atoms with E-state index in [1.54, 1.807) is 6.07 Å². The summed E-state index contributed by atoms with van der Waals surface area (Å²) in [6, 6.07) is 5.02. The minimum atomic E-state index is -0.401. The number of benzene rings is 1. The molecule has 1 aromatic carbocycles. The lowest BCUT2D eigenvalue weighted by atomic mass is 9.99. The van der Waals surface area contributed by atoms with E-state index in [0.29, 0.717) is 11.8 Å². The van der Waals surface area contributed by atoms with E-state index in [2.05, 4.69) is 10.3 Å². The predicted molar refractivity (Wildman–Crippen MR) is 82.5 cm³/mol. The molecule has 0 fully saturated rings. The molecular formula is C15H19N3O3. The van der Waals surface area contributed by atoms with E-state index in [-0.39, 0.29) is 17.8 Å². The van der Waals surface area contributed by atoms with Crippen molar-refractivity contribution in [3.8, 4) is 0 Å². The monoisotopic (exact) mass is 289 g/mol. The van der Waals surface area contributed by atoms with Gasteiger partial charge in [0.2, 0.25) is 0 Å². The average Bonchev–Trinajstić information content (AvgIpc) is 2.38. The summed E-state index contributed by atoms with van der Waals surface area (Å²) in [5, 5.41) is 24.9. The van der Waals surface area contributed by atoms with Gasteiger partial charge in [-0.05, 0) is 39.3 Å². The molecule has 1 aromatic heterocycles. The standard InChI is InChI=1S/C15H19N3O3/c1-10-8-11-12(9-16-10)14(18(20)21)5-4-13(11)17-15(2,3)6-7-19/h4-5,8-9,17,19H,6-7H2,1-3H3. The smallest absolute Gasteiger partial charge is 0.278 e. The number of pyridine rings is 1. The second-order valence-corrected chi connectivity index (χ2v) is 5.74. The summed E-state index contributed by atoms with van der Waals surface area (Å²) in [6.07, 6.45) is 2.11. The van der Waals surface area contributed by atoms with Gasteiger partial charge in [0.1, 0.15) is 0 Å². The number of aromatic nitrogens is 1. The maximum absolute atomic E-state index is 11.1. The van der Waals surface area contributed by atoms with E-state index < -0.39 is 4.92 Å². The van der Waals surface area contributed by atoms with Crippen LogP contribution < -0.4 is 5.32 Å². The van der Waals surface area contributed by atoms with Gasteiger partial charge < -0.3 is 10.4 Å². The minimum absolute atomic E-state index is 0.0445. The van der Waals surface area contributed by atoms with Gasteiger partial charge in [-0.1, -0.05) is 0 Å². The largest absolute Gasteiger partial charge is 0.396 e. The van der Waals surface area contributed by atoms with E-state index in [4.69, 9.17) is 5.11 Å². The van der Waals surface area contributed by atoms with Crippen molar-refractivity contribution in [2.75, 3.05) is 11.9 Å². The number of aryl methyl sites for hydroxylation is 1. The van der Waals surface area contributed by atoms with Crippen LogP contribution in [0, 0.1) is 17.0 Å². The van der Waals surface area contributed by atoms with Crippen LogP contribution in [0.3, 0.4) is 0 Å². The number of non-ortho nitro benzene ring substituents is 1. The molecule has 0 saturated carbocycles. The van der Waals surface area contributed by atoms with Crippen LogP contribution in [0.25, 0.3) is 10.8 Å². The lowest BCUT2D eigenvalue weighted by Gasteiger charge is -2.27. The number of nitrogens with one attached hydrogen (secondary N) is 1. The molecule has 0 unspecified atom stereocenters. The summed E-state index contributed by atoms with van der Waals surface area (Å²) in [7, 11) is 0. The van der Waals surface area contributed by atoms with Gasteiger partial charge in [0.05, 0.1) is 10.3 Å². The maximum Gasteiger partial charge on any atom is 0.278 e. The fourth-order valence-corrected chi connectivity index (χ4v) is 2.30. The van der Waals surface area contributed by atoms with Crippen molar-refractivity contribution in [3.05, 3.63) is 40.2 Å². The van der Waals surface area contributed by atoms with Gasteiger partial charge in [0.15, 0.2) is 0 Å². The molecule has 6 heteroatoms. The zero-order valence-corrected chi connectivity index (χ0v) is 12.4. The molecule has 2 aromatic rings. The molecule has 0 spiro atoms. The van der Waals surface area contributed by atoms with Crippen LogP contribution in [0.15, 0.2) is 24.4 Å². The molecular weight excluding hydrogens is 270 g/mol. The van der Waals surface area contributed by atoms with Crippen LogP contribution in [-0.2, 0) is 0 Å². The van der Waals surface area contributed by atoms with Gasteiger partial charge in [-0.2, -0.15) is 0 Å². The molecule has 112 valence electrons. The van der Waals surface area contributed by atoms with Crippen molar-refractivity contribution in [3.63, 3.8) is 0 Å². The molecule has 0 bridgehead atoms. The summed E-state index contributed by atoms with van der Waals surface area (Å²) < 4.78 is 0. The predicted octanol–water partition coefficient (Wildman–Crippen LogP) is 3.02. The molecule has 0 aliphatic rings. The Labute approximate surface area is 123 Å². The number of nitro benzene ring substituents is 1. The third-order valence-electron chi connectivity index (χ3n) is 3.42. The van der Waals surface area contributed by atoms with Crippen LogP contribution in [-0.4, -0.2) is 27.2 Å². The molecule has 0 aliphatic heterocycles. The molecule has 0 radical (unpaired) electrons. The highest BCUT2D eigenvalue weighted by Gasteiger charge is 2.20. The second kappa shape index (κ2) is 5.65. The number of nitro groups is 1. The van der Waals surface area contributed by atoms with Gasteiger partial charge in [-0.15, -0.1) is 0 Å². The number of fused-ring (bicyclic) bond motifs is 1. The SMILES string of the molecule is Cc1cc2c(NC(C)(C)CCO)ccc([N+](=O)[O-])c2cn1. The molecule has 21 heavy (non-hydrogen) atoms. The number of hydrogen-bond acceptors (Lipinski definition) is 5. The van der Waals surface area contributed by atoms with Crippen LogP contribution in [0.4, 0.5) is 11.4 Å². The molecule has 2 rings (SSSR count). The molecule has 0 amide bonds. The van der Waals surface area contributed by atoms with E-state index in [0.717, 1.165) is 16.8 Å². The fraction of sp³-hybridized carbons (Fsp3) is 0.400. The van der Waals surface area contributed by atoms with Crippen LogP contribution in [0.1, 0.15) is 26.0 Å². The molecule has 0 saturated heterocycles. The van der Waals surface area contributed by atoms with Crippen LogP contribution in [0.2, 0.25) is 0 Å². The Morgan fingerprint density at radius 3 is 2.71 bits per heavy atom. The first-order valence-corrected chi connectivity index (χ1v) is 6.77. The quantitative estimate of drug-likeness (QED) is 0.652. The topological polar surface area (TPSA) is 88.3 Å². The molecule has 0 aliphatic carbocycles. The third kappa shape index (κ3) is 3.28. The summed E-state index contributed by atoms with van der Waals surface area (Å²) in [4.78, 5) is 14.9. The van der Waals surface area contributed by atoms with Crippen molar-refractivity contribution in [2.45, 2.75) is 32.7 Å². The van der Waals surface area contributed by atoms with Crippen molar-refractivity contribution >= 4 is 22.1 Å². The zero-order chi connectivity index (χ0) is 15.6. The van der Waals surface area contributed by atoms with Crippen LogP contribution >= 0.6 is 0 Å². The number of hydrogen-bond donors (Lipinski definition) is 2. The Balaban J connectivity index is 2.57. The van der Waals surface area contributed by atoms with Crippen LogP contribution in [0.5, 0.6) is 0 Å². The summed E-state index contributed by atoms with van der Waals surface area (Å²) in [5.74, 6) is 0. The number of anilines is 1. The van der Waals surface area contributed by atoms with Gasteiger partial charge in [-0.25, -0.2) is 0 Å². The van der Waals surface area contributed by atoms with Crippen molar-refractivity contribution in [2.24, 2.45) is 0 Å². The molecule has 1 heterocycles. The molecule has 2 N–H and O–H groups in total. The fourth-order valence-electron chi connectivity index (χ4n) is 2.30. The van der Waals surface area contributed by atoms with Crippen molar-refractivity contribution in [1.82, 2.24) is 4.98 Å². The summed E-state index contributed by atoms with van der Waals surface area (Å²) >= 11 is 0. The van der Waals surface area contributed by atoms with Gasteiger partial charge in [0, 0.05) is 41.2 Å². The average molecular weight is 289 g/mol. The van der Waals surface area contributed by atoms with Crippen molar-refractivity contribution < 1.29 is 10.0 Å².